The van der Waals surface area contributed by atoms with E-state index in [1.165, 1.54) is 0 Å². The number of rotatable bonds is 3. The highest BCUT2D eigenvalue weighted by molar-refractivity contribution is 5.44. The molecule has 0 aliphatic heterocycles. The Morgan fingerprint density at radius 2 is 1.50 bits per heavy atom. The predicted octanol–water partition coefficient (Wildman–Crippen LogP) is -2.47. The van der Waals surface area contributed by atoms with Crippen LogP contribution in [-0.2, 0) is 7.05 Å². The number of nitrogens with zero attached hydrogens (tertiary/aromatic N) is 4. The van der Waals surface area contributed by atoms with Crippen LogP contribution in [0, 0.1) is 27.7 Å². The van der Waals surface area contributed by atoms with Crippen molar-refractivity contribution in [1.82, 2.24) is 14.4 Å². The van der Waals surface area contributed by atoms with Crippen molar-refractivity contribution < 1.29 is 38.2 Å². The van der Waals surface area contributed by atoms with Crippen LogP contribution in [0.2, 0.25) is 0 Å². The van der Waals surface area contributed by atoms with E-state index in [4.69, 9.17) is 9.68 Å². The van der Waals surface area contributed by atoms with E-state index >= 15 is 0 Å². The highest BCUT2D eigenvalue weighted by Gasteiger charge is 2.31. The standard InChI is InChI=1S/C13H21N4O2.HI/c1-8-9(2)16(18-6)12(14-8)13-15(5)10(3)11(4)17(13)19-7;/h1-7H3;1H/q+1;/p-1. The Labute approximate surface area is 136 Å². The normalized spacial score (nSPS) is 10.3. The Morgan fingerprint density at radius 1 is 0.950 bits per heavy atom. The number of aromatic nitrogens is 4. The lowest BCUT2D eigenvalue weighted by Crippen LogP contribution is -3.00. The van der Waals surface area contributed by atoms with Gasteiger partial charge in [-0.1, -0.05) is 0 Å². The van der Waals surface area contributed by atoms with E-state index < -0.39 is 0 Å². The third-order valence-electron chi connectivity index (χ3n) is 3.70. The third kappa shape index (κ3) is 2.27. The second-order valence-electron chi connectivity index (χ2n) is 4.61. The van der Waals surface area contributed by atoms with Gasteiger partial charge in [0, 0.05) is 13.8 Å². The summed E-state index contributed by atoms with van der Waals surface area (Å²) >= 11 is 0. The lowest BCUT2D eigenvalue weighted by Gasteiger charge is -2.06. The van der Waals surface area contributed by atoms with Gasteiger partial charge in [-0.3, -0.25) is 0 Å². The molecule has 20 heavy (non-hydrogen) atoms. The molecule has 0 saturated carbocycles. The minimum absolute atomic E-state index is 0. The van der Waals surface area contributed by atoms with Crippen LogP contribution < -0.4 is 38.2 Å². The molecule has 2 heterocycles. The molecule has 2 aromatic heterocycles. The summed E-state index contributed by atoms with van der Waals surface area (Å²) in [4.78, 5) is 15.5. The molecule has 0 saturated heterocycles. The quantitative estimate of drug-likeness (QED) is 0.430. The van der Waals surface area contributed by atoms with Gasteiger partial charge in [-0.2, -0.15) is 4.73 Å². The molecule has 0 bridgehead atoms. The first-order valence-electron chi connectivity index (χ1n) is 6.17. The van der Waals surface area contributed by atoms with Crippen LogP contribution in [0.15, 0.2) is 0 Å². The topological polar surface area (TPSA) is 45.1 Å². The number of aryl methyl sites for hydroxylation is 1. The molecule has 0 aromatic carbocycles. The van der Waals surface area contributed by atoms with Gasteiger partial charge in [0.05, 0.1) is 18.4 Å². The number of halogens is 1. The summed E-state index contributed by atoms with van der Waals surface area (Å²) in [7, 11) is 5.28. The van der Waals surface area contributed by atoms with Crippen molar-refractivity contribution in [2.45, 2.75) is 27.7 Å². The molecule has 0 aliphatic carbocycles. The molecule has 112 valence electrons. The highest BCUT2D eigenvalue weighted by Crippen LogP contribution is 2.20. The van der Waals surface area contributed by atoms with Crippen molar-refractivity contribution in [1.29, 1.82) is 0 Å². The summed E-state index contributed by atoms with van der Waals surface area (Å²) in [5.74, 6) is 1.59. The van der Waals surface area contributed by atoms with E-state index in [1.54, 1.807) is 23.7 Å². The summed E-state index contributed by atoms with van der Waals surface area (Å²) in [5.41, 5.74) is 4.09. The monoisotopic (exact) mass is 392 g/mol. The number of imidazole rings is 2. The van der Waals surface area contributed by atoms with Gasteiger partial charge < -0.3 is 33.7 Å². The maximum Gasteiger partial charge on any atom is 0.368 e. The second kappa shape index (κ2) is 6.02. The third-order valence-corrected chi connectivity index (χ3v) is 3.70. The maximum absolute atomic E-state index is 5.47. The molecule has 0 aliphatic rings. The summed E-state index contributed by atoms with van der Waals surface area (Å²) in [6.45, 7) is 8.01. The maximum atomic E-state index is 5.47. The Balaban J connectivity index is 0.00000200. The van der Waals surface area contributed by atoms with E-state index in [1.807, 2.05) is 34.7 Å². The van der Waals surface area contributed by atoms with Crippen LogP contribution >= 0.6 is 0 Å². The van der Waals surface area contributed by atoms with E-state index in [-0.39, 0.29) is 24.0 Å². The van der Waals surface area contributed by atoms with Gasteiger partial charge in [0.25, 0.3) is 5.82 Å². The SMILES string of the molecule is COn1c(-c2n(OC)c(C)c(C)[n+]2C)nc(C)c1C.[I-]. The minimum atomic E-state index is 0. The molecule has 0 N–H and O–H groups in total. The van der Waals surface area contributed by atoms with Crippen molar-refractivity contribution in [3.05, 3.63) is 22.8 Å². The smallest absolute Gasteiger partial charge is 0.368 e. The van der Waals surface area contributed by atoms with Gasteiger partial charge in [0.15, 0.2) is 5.69 Å². The van der Waals surface area contributed by atoms with Crippen LogP contribution in [0.4, 0.5) is 0 Å². The lowest BCUT2D eigenvalue weighted by atomic mass is 10.4. The van der Waals surface area contributed by atoms with Crippen LogP contribution in [0.5, 0.6) is 0 Å². The molecule has 2 aromatic rings. The summed E-state index contributed by atoms with van der Waals surface area (Å²) in [5, 5.41) is 0. The lowest BCUT2D eigenvalue weighted by molar-refractivity contribution is -0.667. The van der Waals surface area contributed by atoms with Gasteiger partial charge in [-0.25, -0.2) is 9.55 Å². The Bertz CT molecular complexity index is 631. The van der Waals surface area contributed by atoms with Gasteiger partial charge in [-0.15, -0.1) is 0 Å². The Hall–Kier alpha value is -1.25. The molecule has 0 fully saturated rings. The molecule has 2 rings (SSSR count). The van der Waals surface area contributed by atoms with Crippen molar-refractivity contribution in [2.75, 3.05) is 14.2 Å². The summed E-state index contributed by atoms with van der Waals surface area (Å²) in [6, 6.07) is 0. The first-order chi connectivity index (χ1) is 8.93. The molecular weight excluding hydrogens is 371 g/mol. The zero-order valence-corrected chi connectivity index (χ0v) is 15.1. The minimum Gasteiger partial charge on any atom is -1.00 e. The fourth-order valence-corrected chi connectivity index (χ4v) is 2.26. The number of hydrogen-bond acceptors (Lipinski definition) is 3. The fourth-order valence-electron chi connectivity index (χ4n) is 2.26. The Kier molecular flexibility index (Phi) is 5.06. The molecule has 0 amide bonds. The van der Waals surface area contributed by atoms with Crippen LogP contribution in [0.1, 0.15) is 22.8 Å². The average molecular weight is 392 g/mol. The van der Waals surface area contributed by atoms with Crippen molar-refractivity contribution in [2.24, 2.45) is 7.05 Å². The van der Waals surface area contributed by atoms with Crippen molar-refractivity contribution in [3.8, 4) is 11.6 Å². The Morgan fingerprint density at radius 3 is 2.00 bits per heavy atom. The first kappa shape index (κ1) is 16.8. The van der Waals surface area contributed by atoms with Gasteiger partial charge in [0.2, 0.25) is 0 Å². The van der Waals surface area contributed by atoms with E-state index in [0.717, 1.165) is 34.4 Å². The van der Waals surface area contributed by atoms with Gasteiger partial charge in [-0.05, 0) is 18.6 Å². The highest BCUT2D eigenvalue weighted by atomic mass is 127. The van der Waals surface area contributed by atoms with Crippen LogP contribution in [-0.4, -0.2) is 28.7 Å². The molecule has 0 radical (unpaired) electrons. The van der Waals surface area contributed by atoms with E-state index in [0.29, 0.717) is 0 Å². The average Bonchev–Trinajstić information content (AvgIpc) is 2.79. The first-order valence-corrected chi connectivity index (χ1v) is 6.17. The van der Waals surface area contributed by atoms with E-state index in [9.17, 15) is 0 Å². The molecule has 0 unspecified atom stereocenters. The van der Waals surface area contributed by atoms with Crippen molar-refractivity contribution in [3.63, 3.8) is 0 Å². The molecule has 0 spiro atoms. The summed E-state index contributed by atoms with van der Waals surface area (Å²) in [6.07, 6.45) is 0. The van der Waals surface area contributed by atoms with E-state index in [2.05, 4.69) is 9.55 Å². The molecule has 7 heteroatoms. The zero-order chi connectivity index (χ0) is 14.3. The van der Waals surface area contributed by atoms with Gasteiger partial charge >= 0.3 is 5.82 Å². The van der Waals surface area contributed by atoms with Crippen molar-refractivity contribution >= 4 is 0 Å². The zero-order valence-electron chi connectivity index (χ0n) is 13.0. The summed E-state index contributed by atoms with van der Waals surface area (Å²) < 4.78 is 5.54. The van der Waals surface area contributed by atoms with Crippen LogP contribution in [0.25, 0.3) is 11.6 Å². The largest absolute Gasteiger partial charge is 1.00 e. The fraction of sp³-hybridized carbons (Fsp3) is 0.538. The van der Waals surface area contributed by atoms with Gasteiger partial charge in [0.1, 0.15) is 19.9 Å². The number of hydrogen-bond donors (Lipinski definition) is 0. The second-order valence-corrected chi connectivity index (χ2v) is 4.61. The molecular formula is C13H21IN4O2. The molecule has 0 atom stereocenters. The molecule has 6 nitrogen and oxygen atoms in total. The predicted molar refractivity (Wildman–Crippen MR) is 70.8 cm³/mol. The van der Waals surface area contributed by atoms with Crippen LogP contribution in [0.3, 0.4) is 0 Å².